The summed E-state index contributed by atoms with van der Waals surface area (Å²) in [6.07, 6.45) is 0.116. The van der Waals surface area contributed by atoms with Crippen LogP contribution in [0.3, 0.4) is 0 Å². The van der Waals surface area contributed by atoms with Gasteiger partial charge in [0.05, 0.1) is 26.7 Å². The predicted molar refractivity (Wildman–Crippen MR) is 85.6 cm³/mol. The van der Waals surface area contributed by atoms with E-state index >= 15 is 0 Å². The first kappa shape index (κ1) is 15.1. The van der Waals surface area contributed by atoms with Gasteiger partial charge in [0.15, 0.2) is 0 Å². The molecular formula is C18H17NO4. The number of nitrogens with zero attached hydrogens (tertiary/aromatic N) is 1. The van der Waals surface area contributed by atoms with Crippen LogP contribution in [-0.4, -0.2) is 26.1 Å². The van der Waals surface area contributed by atoms with Crippen LogP contribution in [-0.2, 0) is 9.53 Å². The maximum absolute atomic E-state index is 12.8. The van der Waals surface area contributed by atoms with Gasteiger partial charge in [0.1, 0.15) is 5.75 Å². The van der Waals surface area contributed by atoms with Crippen molar-refractivity contribution >= 4 is 17.6 Å². The summed E-state index contributed by atoms with van der Waals surface area (Å²) in [6, 6.07) is 14.2. The number of benzene rings is 2. The molecule has 0 spiro atoms. The van der Waals surface area contributed by atoms with Crippen LogP contribution in [0.4, 0.5) is 5.69 Å². The number of carbonyl (C=O) groups excluding carboxylic acids is 2. The zero-order valence-electron chi connectivity index (χ0n) is 13.0. The zero-order chi connectivity index (χ0) is 16.4. The van der Waals surface area contributed by atoms with Crippen molar-refractivity contribution in [3.8, 4) is 5.75 Å². The molecule has 0 saturated heterocycles. The van der Waals surface area contributed by atoms with Gasteiger partial charge >= 0.3 is 5.97 Å². The van der Waals surface area contributed by atoms with Gasteiger partial charge in [0.25, 0.3) is 5.91 Å². The molecule has 1 aliphatic heterocycles. The number of amides is 1. The number of carbonyl (C=O) groups is 2. The summed E-state index contributed by atoms with van der Waals surface area (Å²) >= 11 is 0. The summed E-state index contributed by atoms with van der Waals surface area (Å²) in [5.41, 5.74) is 2.19. The molecule has 0 bridgehead atoms. The second-order valence-electron chi connectivity index (χ2n) is 5.26. The summed E-state index contributed by atoms with van der Waals surface area (Å²) in [5, 5.41) is 0. The normalized spacial score (nSPS) is 16.2. The van der Waals surface area contributed by atoms with E-state index in [0.717, 1.165) is 11.3 Å². The molecule has 0 radical (unpaired) electrons. The Balaban J connectivity index is 2.02. The number of anilines is 1. The number of esters is 1. The molecule has 0 fully saturated rings. The van der Waals surface area contributed by atoms with Crippen LogP contribution in [0, 0.1) is 0 Å². The van der Waals surface area contributed by atoms with Crippen LogP contribution in [0.25, 0.3) is 0 Å². The molecule has 2 aromatic carbocycles. The third-order valence-corrected chi connectivity index (χ3v) is 4.02. The van der Waals surface area contributed by atoms with Crippen LogP contribution >= 0.6 is 0 Å². The summed E-state index contributed by atoms with van der Waals surface area (Å²) in [5.74, 6) is 0.250. The molecule has 0 aliphatic carbocycles. The minimum atomic E-state index is -0.362. The number of hydrogen-bond acceptors (Lipinski definition) is 4. The molecule has 118 valence electrons. The molecule has 1 unspecified atom stereocenters. The first-order valence-corrected chi connectivity index (χ1v) is 7.29. The molecule has 0 aromatic heterocycles. The van der Waals surface area contributed by atoms with E-state index in [1.54, 1.807) is 30.2 Å². The monoisotopic (exact) mass is 311 g/mol. The highest BCUT2D eigenvalue weighted by atomic mass is 16.5. The first-order valence-electron chi connectivity index (χ1n) is 7.29. The van der Waals surface area contributed by atoms with Crippen molar-refractivity contribution in [3.63, 3.8) is 0 Å². The molecule has 1 atom stereocenters. The molecule has 1 heterocycles. The number of hydrogen-bond donors (Lipinski definition) is 0. The van der Waals surface area contributed by atoms with E-state index in [1.807, 2.05) is 30.3 Å². The standard InChI is InChI=1S/C18H17NO4/c1-22-13-9-7-12(8-10-13)19-16(11-17(20)23-2)14-5-3-4-6-15(14)18(19)21/h3-10,16H,11H2,1-2H3. The van der Waals surface area contributed by atoms with Gasteiger partial charge in [0.2, 0.25) is 0 Å². The topological polar surface area (TPSA) is 55.8 Å². The Bertz CT molecular complexity index is 739. The zero-order valence-corrected chi connectivity index (χ0v) is 13.0. The lowest BCUT2D eigenvalue weighted by Gasteiger charge is -2.25. The van der Waals surface area contributed by atoms with Crippen molar-refractivity contribution < 1.29 is 19.1 Å². The van der Waals surface area contributed by atoms with Crippen LogP contribution in [0.15, 0.2) is 48.5 Å². The first-order chi connectivity index (χ1) is 11.2. The highest BCUT2D eigenvalue weighted by Crippen LogP contribution is 2.39. The fourth-order valence-electron chi connectivity index (χ4n) is 2.88. The van der Waals surface area contributed by atoms with Crippen LogP contribution in [0.1, 0.15) is 28.4 Å². The molecule has 5 nitrogen and oxygen atoms in total. The van der Waals surface area contributed by atoms with E-state index in [0.29, 0.717) is 11.3 Å². The lowest BCUT2D eigenvalue weighted by atomic mass is 10.0. The minimum Gasteiger partial charge on any atom is -0.497 e. The summed E-state index contributed by atoms with van der Waals surface area (Å²) in [4.78, 5) is 26.2. The van der Waals surface area contributed by atoms with E-state index < -0.39 is 0 Å². The Labute approximate surface area is 134 Å². The van der Waals surface area contributed by atoms with E-state index in [1.165, 1.54) is 7.11 Å². The van der Waals surface area contributed by atoms with Crippen molar-refractivity contribution in [3.05, 3.63) is 59.7 Å². The molecule has 1 amide bonds. The van der Waals surface area contributed by atoms with Gasteiger partial charge in [0, 0.05) is 11.3 Å². The maximum Gasteiger partial charge on any atom is 0.307 e. The highest BCUT2D eigenvalue weighted by molar-refractivity contribution is 6.11. The van der Waals surface area contributed by atoms with Crippen molar-refractivity contribution in [1.82, 2.24) is 0 Å². The quantitative estimate of drug-likeness (QED) is 0.815. The second-order valence-corrected chi connectivity index (χ2v) is 5.26. The highest BCUT2D eigenvalue weighted by Gasteiger charge is 2.38. The number of methoxy groups -OCH3 is 2. The van der Waals surface area contributed by atoms with E-state index in [9.17, 15) is 9.59 Å². The number of rotatable bonds is 4. The molecule has 2 aromatic rings. The summed E-state index contributed by atoms with van der Waals surface area (Å²) in [6.45, 7) is 0. The number of fused-ring (bicyclic) bond motifs is 1. The Morgan fingerprint density at radius 1 is 1.09 bits per heavy atom. The average Bonchev–Trinajstić information content (AvgIpc) is 2.87. The van der Waals surface area contributed by atoms with E-state index in [2.05, 4.69) is 0 Å². The molecule has 0 N–H and O–H groups in total. The molecule has 3 rings (SSSR count). The Morgan fingerprint density at radius 3 is 2.43 bits per heavy atom. The lowest BCUT2D eigenvalue weighted by molar-refractivity contribution is -0.141. The average molecular weight is 311 g/mol. The van der Waals surface area contributed by atoms with Gasteiger partial charge in [-0.1, -0.05) is 18.2 Å². The van der Waals surface area contributed by atoms with Crippen molar-refractivity contribution in [2.24, 2.45) is 0 Å². The predicted octanol–water partition coefficient (Wildman–Crippen LogP) is 2.96. The SMILES string of the molecule is COC(=O)CC1c2ccccc2C(=O)N1c1ccc(OC)cc1. The fourth-order valence-corrected chi connectivity index (χ4v) is 2.88. The van der Waals surface area contributed by atoms with Gasteiger partial charge < -0.3 is 14.4 Å². The molecule has 5 heteroatoms. The van der Waals surface area contributed by atoms with Gasteiger partial charge in [-0.05, 0) is 35.9 Å². The lowest BCUT2D eigenvalue weighted by Crippen LogP contribution is -2.29. The van der Waals surface area contributed by atoms with Gasteiger partial charge in [-0.3, -0.25) is 9.59 Å². The van der Waals surface area contributed by atoms with Crippen molar-refractivity contribution in [2.75, 3.05) is 19.1 Å². The van der Waals surface area contributed by atoms with Crippen LogP contribution < -0.4 is 9.64 Å². The van der Waals surface area contributed by atoms with Gasteiger partial charge in [-0.2, -0.15) is 0 Å². The fraction of sp³-hybridized carbons (Fsp3) is 0.222. The smallest absolute Gasteiger partial charge is 0.307 e. The Hall–Kier alpha value is -2.82. The third kappa shape index (κ3) is 2.65. The third-order valence-electron chi connectivity index (χ3n) is 4.02. The van der Waals surface area contributed by atoms with E-state index in [-0.39, 0.29) is 24.3 Å². The van der Waals surface area contributed by atoms with Crippen molar-refractivity contribution in [2.45, 2.75) is 12.5 Å². The van der Waals surface area contributed by atoms with Crippen LogP contribution in [0.2, 0.25) is 0 Å². The molecule has 1 aliphatic rings. The number of ether oxygens (including phenoxy) is 2. The van der Waals surface area contributed by atoms with Crippen molar-refractivity contribution in [1.29, 1.82) is 0 Å². The largest absolute Gasteiger partial charge is 0.497 e. The van der Waals surface area contributed by atoms with Gasteiger partial charge in [-0.25, -0.2) is 0 Å². The molecule has 0 saturated carbocycles. The second kappa shape index (κ2) is 6.12. The minimum absolute atomic E-state index is 0.111. The molecule has 23 heavy (non-hydrogen) atoms. The van der Waals surface area contributed by atoms with E-state index in [4.69, 9.17) is 9.47 Å². The summed E-state index contributed by atoms with van der Waals surface area (Å²) in [7, 11) is 2.94. The Kier molecular flexibility index (Phi) is 4.02. The Morgan fingerprint density at radius 2 is 1.78 bits per heavy atom. The molecular weight excluding hydrogens is 294 g/mol. The van der Waals surface area contributed by atoms with Gasteiger partial charge in [-0.15, -0.1) is 0 Å². The maximum atomic E-state index is 12.8. The summed E-state index contributed by atoms with van der Waals surface area (Å²) < 4.78 is 9.94. The van der Waals surface area contributed by atoms with Crippen LogP contribution in [0.5, 0.6) is 5.75 Å².